The standard InChI is InChI=1S/C26H22ClNO4S2/c1-30-22-14-7-9-18(24(22)32-16-8-15-31-21-13-6-5-12-20(21)27)17-23-25(29)28(26(33)34-23)19-10-3-2-4-11-19/h2-7,9-14,17H,8,15-16H2,1H3. The maximum absolute atomic E-state index is 13.1. The van der Waals surface area contributed by atoms with Gasteiger partial charge in [-0.05, 0) is 36.4 Å². The molecule has 3 aromatic carbocycles. The van der Waals surface area contributed by atoms with Crippen LogP contribution in [0.15, 0.2) is 77.7 Å². The summed E-state index contributed by atoms with van der Waals surface area (Å²) in [6.07, 6.45) is 2.43. The van der Waals surface area contributed by atoms with E-state index >= 15 is 0 Å². The quantitative estimate of drug-likeness (QED) is 0.183. The van der Waals surface area contributed by atoms with Gasteiger partial charge in [0.05, 0.1) is 35.9 Å². The number of rotatable bonds is 9. The van der Waals surface area contributed by atoms with Crippen molar-refractivity contribution in [2.45, 2.75) is 6.42 Å². The monoisotopic (exact) mass is 511 g/mol. The molecule has 0 bridgehead atoms. The Labute approximate surface area is 213 Å². The largest absolute Gasteiger partial charge is 0.493 e. The van der Waals surface area contributed by atoms with E-state index in [0.717, 1.165) is 11.3 Å². The molecule has 1 heterocycles. The Kier molecular flexibility index (Phi) is 8.11. The summed E-state index contributed by atoms with van der Waals surface area (Å²) in [5, 5.41) is 0.572. The maximum atomic E-state index is 13.1. The summed E-state index contributed by atoms with van der Waals surface area (Å²) in [4.78, 5) is 15.2. The third-order valence-electron chi connectivity index (χ3n) is 4.95. The number of carbonyl (C=O) groups is 1. The van der Waals surface area contributed by atoms with Gasteiger partial charge in [0.15, 0.2) is 15.8 Å². The number of thioether (sulfide) groups is 1. The molecule has 8 heteroatoms. The number of para-hydroxylation sites is 3. The van der Waals surface area contributed by atoms with Crippen LogP contribution in [0, 0.1) is 0 Å². The van der Waals surface area contributed by atoms with Gasteiger partial charge >= 0.3 is 0 Å². The first-order valence-electron chi connectivity index (χ1n) is 10.6. The van der Waals surface area contributed by atoms with Crippen LogP contribution in [0.25, 0.3) is 6.08 Å². The summed E-state index contributed by atoms with van der Waals surface area (Å²) in [7, 11) is 1.58. The Hall–Kier alpha value is -3.00. The number of thiocarbonyl (C=S) groups is 1. The highest BCUT2D eigenvalue weighted by atomic mass is 35.5. The van der Waals surface area contributed by atoms with Crippen LogP contribution in [0.5, 0.6) is 17.2 Å². The molecule has 5 nitrogen and oxygen atoms in total. The second kappa shape index (κ2) is 11.4. The molecule has 0 unspecified atom stereocenters. The normalized spacial score (nSPS) is 14.5. The zero-order chi connectivity index (χ0) is 23.9. The van der Waals surface area contributed by atoms with Gasteiger partial charge in [-0.25, -0.2) is 0 Å². The molecule has 0 saturated carbocycles. The van der Waals surface area contributed by atoms with Crippen molar-refractivity contribution in [1.29, 1.82) is 0 Å². The molecule has 0 atom stereocenters. The summed E-state index contributed by atoms with van der Waals surface area (Å²) in [6.45, 7) is 0.848. The lowest BCUT2D eigenvalue weighted by atomic mass is 10.1. The minimum Gasteiger partial charge on any atom is -0.493 e. The highest BCUT2D eigenvalue weighted by Crippen LogP contribution is 2.39. The summed E-state index contributed by atoms with van der Waals surface area (Å²) in [6, 6.07) is 22.3. The number of ether oxygens (including phenoxy) is 3. The average Bonchev–Trinajstić information content (AvgIpc) is 3.13. The molecule has 4 rings (SSSR count). The SMILES string of the molecule is COc1cccc(C=C2SC(=S)N(c3ccccc3)C2=O)c1OCCCOc1ccccc1Cl. The molecular weight excluding hydrogens is 490 g/mol. The molecule has 0 radical (unpaired) electrons. The van der Waals surface area contributed by atoms with E-state index in [1.54, 1.807) is 24.2 Å². The lowest BCUT2D eigenvalue weighted by Crippen LogP contribution is -2.27. The summed E-state index contributed by atoms with van der Waals surface area (Å²) in [5.74, 6) is 1.62. The van der Waals surface area contributed by atoms with Gasteiger partial charge in [0.25, 0.3) is 5.91 Å². The van der Waals surface area contributed by atoms with Gasteiger partial charge in [0.2, 0.25) is 0 Å². The molecule has 3 aromatic rings. The topological polar surface area (TPSA) is 48.0 Å². The van der Waals surface area contributed by atoms with Gasteiger partial charge in [0, 0.05) is 12.0 Å². The van der Waals surface area contributed by atoms with Gasteiger partial charge in [0.1, 0.15) is 5.75 Å². The molecular formula is C26H22ClNO4S2. The number of methoxy groups -OCH3 is 1. The van der Waals surface area contributed by atoms with E-state index in [-0.39, 0.29) is 5.91 Å². The summed E-state index contributed by atoms with van der Waals surface area (Å²) >= 11 is 12.9. The number of amides is 1. The van der Waals surface area contributed by atoms with E-state index in [4.69, 9.17) is 38.0 Å². The number of benzene rings is 3. The van der Waals surface area contributed by atoms with E-state index in [0.29, 0.717) is 51.1 Å². The zero-order valence-electron chi connectivity index (χ0n) is 18.4. The minimum atomic E-state index is -0.164. The smallest absolute Gasteiger partial charge is 0.270 e. The molecule has 1 amide bonds. The van der Waals surface area contributed by atoms with Gasteiger partial charge in [-0.3, -0.25) is 9.69 Å². The van der Waals surface area contributed by atoms with Gasteiger partial charge in [-0.2, -0.15) is 0 Å². The first kappa shape index (κ1) is 24.1. The Morgan fingerprint density at radius 2 is 1.65 bits per heavy atom. The second-order valence-corrected chi connectivity index (χ2v) is 9.30. The van der Waals surface area contributed by atoms with Crippen molar-refractivity contribution in [3.8, 4) is 17.2 Å². The van der Waals surface area contributed by atoms with Crippen molar-refractivity contribution >= 4 is 57.6 Å². The van der Waals surface area contributed by atoms with Crippen LogP contribution in [-0.2, 0) is 4.79 Å². The van der Waals surface area contributed by atoms with Crippen LogP contribution in [0.3, 0.4) is 0 Å². The molecule has 0 aromatic heterocycles. The molecule has 0 spiro atoms. The van der Waals surface area contributed by atoms with Gasteiger partial charge in [-0.15, -0.1) is 0 Å². The molecule has 0 N–H and O–H groups in total. The van der Waals surface area contributed by atoms with Crippen LogP contribution in [0.2, 0.25) is 5.02 Å². The highest BCUT2D eigenvalue weighted by Gasteiger charge is 2.33. The predicted molar refractivity (Wildman–Crippen MR) is 142 cm³/mol. The van der Waals surface area contributed by atoms with E-state index in [2.05, 4.69) is 0 Å². The van der Waals surface area contributed by atoms with Crippen LogP contribution >= 0.6 is 35.6 Å². The molecule has 1 aliphatic rings. The number of halogens is 1. The Morgan fingerprint density at radius 3 is 2.41 bits per heavy atom. The first-order chi connectivity index (χ1) is 16.6. The van der Waals surface area contributed by atoms with Crippen LogP contribution in [0.4, 0.5) is 5.69 Å². The van der Waals surface area contributed by atoms with Crippen molar-refractivity contribution in [3.63, 3.8) is 0 Å². The predicted octanol–water partition coefficient (Wildman–Crippen LogP) is 6.60. The fourth-order valence-corrected chi connectivity index (χ4v) is 4.83. The minimum absolute atomic E-state index is 0.164. The van der Waals surface area contributed by atoms with Crippen LogP contribution in [-0.4, -0.2) is 30.6 Å². The fraction of sp³-hybridized carbons (Fsp3) is 0.154. The van der Waals surface area contributed by atoms with Crippen molar-refractivity contribution in [2.75, 3.05) is 25.2 Å². The second-order valence-electron chi connectivity index (χ2n) is 7.21. The van der Waals surface area contributed by atoms with E-state index in [1.165, 1.54) is 11.8 Å². The number of anilines is 1. The van der Waals surface area contributed by atoms with E-state index in [9.17, 15) is 4.79 Å². The third-order valence-corrected chi connectivity index (χ3v) is 6.57. The summed E-state index contributed by atoms with van der Waals surface area (Å²) in [5.41, 5.74) is 1.48. The van der Waals surface area contributed by atoms with Crippen molar-refractivity contribution in [1.82, 2.24) is 0 Å². The lowest BCUT2D eigenvalue weighted by Gasteiger charge is -2.15. The fourth-order valence-electron chi connectivity index (χ4n) is 3.35. The Balaban J connectivity index is 1.46. The Morgan fingerprint density at radius 1 is 0.941 bits per heavy atom. The Bertz CT molecular complexity index is 1220. The highest BCUT2D eigenvalue weighted by molar-refractivity contribution is 8.27. The van der Waals surface area contributed by atoms with Crippen molar-refractivity contribution in [3.05, 3.63) is 88.3 Å². The molecule has 1 fully saturated rings. The number of nitrogens with zero attached hydrogens (tertiary/aromatic N) is 1. The number of hydrogen-bond acceptors (Lipinski definition) is 6. The van der Waals surface area contributed by atoms with Crippen LogP contribution in [0.1, 0.15) is 12.0 Å². The molecule has 1 aliphatic heterocycles. The average molecular weight is 512 g/mol. The van der Waals surface area contributed by atoms with Gasteiger partial charge < -0.3 is 14.2 Å². The molecule has 174 valence electrons. The van der Waals surface area contributed by atoms with Crippen molar-refractivity contribution < 1.29 is 19.0 Å². The summed E-state index contributed by atoms with van der Waals surface area (Å²) < 4.78 is 17.8. The lowest BCUT2D eigenvalue weighted by molar-refractivity contribution is -0.113. The van der Waals surface area contributed by atoms with Crippen molar-refractivity contribution in [2.24, 2.45) is 0 Å². The third kappa shape index (κ3) is 5.55. The van der Waals surface area contributed by atoms with E-state index in [1.807, 2.05) is 66.7 Å². The maximum Gasteiger partial charge on any atom is 0.270 e. The molecule has 34 heavy (non-hydrogen) atoms. The van der Waals surface area contributed by atoms with E-state index < -0.39 is 0 Å². The molecule has 1 saturated heterocycles. The zero-order valence-corrected chi connectivity index (χ0v) is 20.8. The molecule has 0 aliphatic carbocycles. The van der Waals surface area contributed by atoms with Crippen LogP contribution < -0.4 is 19.1 Å². The number of hydrogen-bond donors (Lipinski definition) is 0. The first-order valence-corrected chi connectivity index (χ1v) is 12.2. The number of carbonyl (C=O) groups excluding carboxylic acids is 1. The van der Waals surface area contributed by atoms with Gasteiger partial charge in [-0.1, -0.05) is 78.0 Å².